The number of halogens is 1. The summed E-state index contributed by atoms with van der Waals surface area (Å²) < 4.78 is 6.80. The van der Waals surface area contributed by atoms with Gasteiger partial charge in [0, 0.05) is 22.5 Å². The van der Waals surface area contributed by atoms with Crippen molar-refractivity contribution in [3.63, 3.8) is 0 Å². The van der Waals surface area contributed by atoms with Gasteiger partial charge in [-0.3, -0.25) is 4.79 Å². The molecule has 22 heavy (non-hydrogen) atoms. The molecule has 5 nitrogen and oxygen atoms in total. The molecule has 2 aromatic heterocycles. The van der Waals surface area contributed by atoms with Gasteiger partial charge in [-0.2, -0.15) is 5.10 Å². The Bertz CT molecular complexity index is 659. The van der Waals surface area contributed by atoms with Crippen molar-refractivity contribution in [2.45, 2.75) is 25.9 Å². The molecule has 1 aliphatic heterocycles. The Morgan fingerprint density at radius 1 is 1.45 bits per heavy atom. The number of nitrogens with zero attached hydrogens (tertiary/aromatic N) is 3. The van der Waals surface area contributed by atoms with Gasteiger partial charge in [-0.15, -0.1) is 16.4 Å². The summed E-state index contributed by atoms with van der Waals surface area (Å²) in [5, 5.41) is 9.94. The first kappa shape index (κ1) is 15.4. The van der Waals surface area contributed by atoms with Gasteiger partial charge in [-0.25, -0.2) is 0 Å². The summed E-state index contributed by atoms with van der Waals surface area (Å²) in [6.45, 7) is 3.24. The third kappa shape index (κ3) is 3.64. The van der Waals surface area contributed by atoms with Crippen LogP contribution < -0.4 is 4.74 Å². The van der Waals surface area contributed by atoms with E-state index in [1.54, 1.807) is 0 Å². The molecule has 0 spiro atoms. The van der Waals surface area contributed by atoms with Gasteiger partial charge in [-0.1, -0.05) is 0 Å². The predicted octanol–water partition coefficient (Wildman–Crippen LogP) is 3.29. The van der Waals surface area contributed by atoms with E-state index in [2.05, 4.69) is 26.1 Å². The van der Waals surface area contributed by atoms with E-state index in [0.717, 1.165) is 34.4 Å². The quantitative estimate of drug-likeness (QED) is 0.818. The van der Waals surface area contributed by atoms with E-state index in [4.69, 9.17) is 4.74 Å². The van der Waals surface area contributed by atoms with Gasteiger partial charge in [-0.05, 0) is 47.8 Å². The predicted molar refractivity (Wildman–Crippen MR) is 88.3 cm³/mol. The number of carbonyl (C=O) groups excluding carboxylic acids is 1. The van der Waals surface area contributed by atoms with Crippen molar-refractivity contribution in [2.75, 3.05) is 13.1 Å². The Hall–Kier alpha value is -1.47. The number of thiophene rings is 1. The molecular weight excluding hydrogens is 366 g/mol. The monoisotopic (exact) mass is 381 g/mol. The normalized spacial score (nSPS) is 18.3. The molecule has 1 fully saturated rings. The number of ether oxygens (including phenoxy) is 1. The highest BCUT2D eigenvalue weighted by Gasteiger charge is 2.26. The zero-order valence-corrected chi connectivity index (χ0v) is 14.6. The maximum atomic E-state index is 12.5. The van der Waals surface area contributed by atoms with Gasteiger partial charge in [0.05, 0.1) is 17.1 Å². The van der Waals surface area contributed by atoms with Crippen LogP contribution >= 0.6 is 27.3 Å². The third-order valence-corrected chi connectivity index (χ3v) is 5.18. The fourth-order valence-electron chi connectivity index (χ4n) is 2.42. The van der Waals surface area contributed by atoms with Crippen LogP contribution in [0.3, 0.4) is 0 Å². The van der Waals surface area contributed by atoms with E-state index >= 15 is 0 Å². The fraction of sp³-hybridized carbons (Fsp3) is 0.400. The van der Waals surface area contributed by atoms with Crippen LogP contribution in [-0.2, 0) is 0 Å². The molecule has 1 saturated heterocycles. The number of aryl methyl sites for hydroxylation is 1. The lowest BCUT2D eigenvalue weighted by atomic mass is 10.1. The second kappa shape index (κ2) is 6.75. The molecule has 0 N–H and O–H groups in total. The highest BCUT2D eigenvalue weighted by atomic mass is 79.9. The molecule has 1 aliphatic rings. The van der Waals surface area contributed by atoms with Gasteiger partial charge in [0.1, 0.15) is 6.10 Å². The van der Waals surface area contributed by atoms with Crippen molar-refractivity contribution in [1.29, 1.82) is 0 Å². The zero-order chi connectivity index (χ0) is 15.5. The molecule has 2 aromatic rings. The summed E-state index contributed by atoms with van der Waals surface area (Å²) >= 11 is 4.84. The van der Waals surface area contributed by atoms with Gasteiger partial charge in [0.2, 0.25) is 5.88 Å². The number of hydrogen-bond acceptors (Lipinski definition) is 5. The van der Waals surface area contributed by atoms with Crippen LogP contribution in [0.25, 0.3) is 0 Å². The molecule has 0 radical (unpaired) electrons. The van der Waals surface area contributed by atoms with Crippen LogP contribution in [0.2, 0.25) is 0 Å². The molecule has 0 saturated carbocycles. The van der Waals surface area contributed by atoms with Crippen molar-refractivity contribution >= 4 is 33.2 Å². The number of rotatable bonds is 3. The summed E-state index contributed by atoms with van der Waals surface area (Å²) in [6, 6.07) is 5.56. The summed E-state index contributed by atoms with van der Waals surface area (Å²) in [6.07, 6.45) is 1.83. The maximum absolute atomic E-state index is 12.5. The van der Waals surface area contributed by atoms with Crippen molar-refractivity contribution < 1.29 is 9.53 Å². The average molecular weight is 382 g/mol. The van der Waals surface area contributed by atoms with Crippen LogP contribution in [0, 0.1) is 6.92 Å². The Morgan fingerprint density at radius 3 is 3.00 bits per heavy atom. The SMILES string of the molecule is Cc1ccc(OC2CCCN(C(=O)c3cc(Br)cs3)C2)nn1. The molecule has 1 unspecified atom stereocenters. The average Bonchev–Trinajstić information content (AvgIpc) is 2.96. The topological polar surface area (TPSA) is 55.3 Å². The lowest BCUT2D eigenvalue weighted by Crippen LogP contribution is -2.44. The molecule has 1 amide bonds. The largest absolute Gasteiger partial charge is 0.471 e. The standard InChI is InChI=1S/C15H16BrN3O2S/c1-10-4-5-14(18-17-10)21-12-3-2-6-19(8-12)15(20)13-7-11(16)9-22-13/h4-5,7,9,12H,2-3,6,8H2,1H3. The molecule has 0 aliphatic carbocycles. The Balaban J connectivity index is 1.63. The van der Waals surface area contributed by atoms with E-state index in [-0.39, 0.29) is 12.0 Å². The number of amides is 1. The number of likely N-dealkylation sites (tertiary alicyclic amines) is 1. The number of hydrogen-bond donors (Lipinski definition) is 0. The second-order valence-electron chi connectivity index (χ2n) is 5.28. The number of piperidine rings is 1. The molecule has 0 aromatic carbocycles. The van der Waals surface area contributed by atoms with E-state index in [1.807, 2.05) is 35.4 Å². The summed E-state index contributed by atoms with van der Waals surface area (Å²) in [7, 11) is 0. The second-order valence-corrected chi connectivity index (χ2v) is 7.10. The van der Waals surface area contributed by atoms with Crippen LogP contribution in [0.15, 0.2) is 28.1 Å². The van der Waals surface area contributed by atoms with E-state index < -0.39 is 0 Å². The summed E-state index contributed by atoms with van der Waals surface area (Å²) in [5.41, 5.74) is 0.857. The van der Waals surface area contributed by atoms with E-state index in [1.165, 1.54) is 11.3 Å². The minimum Gasteiger partial charge on any atom is -0.471 e. The lowest BCUT2D eigenvalue weighted by Gasteiger charge is -2.32. The lowest BCUT2D eigenvalue weighted by molar-refractivity contribution is 0.0529. The van der Waals surface area contributed by atoms with E-state index in [0.29, 0.717) is 12.4 Å². The summed E-state index contributed by atoms with van der Waals surface area (Å²) in [5.74, 6) is 0.586. The van der Waals surface area contributed by atoms with Crippen molar-refractivity contribution in [1.82, 2.24) is 15.1 Å². The summed E-state index contributed by atoms with van der Waals surface area (Å²) in [4.78, 5) is 15.1. The van der Waals surface area contributed by atoms with Crippen LogP contribution in [0.5, 0.6) is 5.88 Å². The van der Waals surface area contributed by atoms with Gasteiger partial charge in [0.15, 0.2) is 0 Å². The fourth-order valence-corrected chi connectivity index (χ4v) is 3.81. The van der Waals surface area contributed by atoms with Crippen molar-refractivity contribution in [2.24, 2.45) is 0 Å². The number of aromatic nitrogens is 2. The molecule has 7 heteroatoms. The van der Waals surface area contributed by atoms with Crippen molar-refractivity contribution in [3.05, 3.63) is 38.6 Å². The molecule has 116 valence electrons. The molecule has 0 bridgehead atoms. The minimum atomic E-state index is -0.0295. The molecular formula is C15H16BrN3O2S. The van der Waals surface area contributed by atoms with Gasteiger partial charge >= 0.3 is 0 Å². The van der Waals surface area contributed by atoms with Gasteiger partial charge < -0.3 is 9.64 Å². The first-order valence-corrected chi connectivity index (χ1v) is 8.79. The Kier molecular flexibility index (Phi) is 4.73. The van der Waals surface area contributed by atoms with Crippen LogP contribution in [0.4, 0.5) is 0 Å². The Morgan fingerprint density at radius 2 is 2.32 bits per heavy atom. The molecule has 1 atom stereocenters. The highest BCUT2D eigenvalue weighted by Crippen LogP contribution is 2.23. The van der Waals surface area contributed by atoms with Gasteiger partial charge in [0.25, 0.3) is 5.91 Å². The number of carbonyl (C=O) groups is 1. The zero-order valence-electron chi connectivity index (χ0n) is 12.2. The van der Waals surface area contributed by atoms with E-state index in [9.17, 15) is 4.79 Å². The van der Waals surface area contributed by atoms with Crippen LogP contribution in [-0.4, -0.2) is 40.2 Å². The van der Waals surface area contributed by atoms with Crippen molar-refractivity contribution in [3.8, 4) is 5.88 Å². The highest BCUT2D eigenvalue weighted by molar-refractivity contribution is 9.10. The molecule has 3 rings (SSSR count). The molecule has 3 heterocycles. The maximum Gasteiger partial charge on any atom is 0.264 e. The Labute approximate surface area is 141 Å². The first-order valence-electron chi connectivity index (χ1n) is 7.12. The smallest absolute Gasteiger partial charge is 0.264 e. The minimum absolute atomic E-state index is 0.0295. The first-order chi connectivity index (χ1) is 10.6. The van der Waals surface area contributed by atoms with Crippen LogP contribution in [0.1, 0.15) is 28.2 Å². The third-order valence-electron chi connectivity index (χ3n) is 3.50.